The zero-order chi connectivity index (χ0) is 8.55. The fourth-order valence-corrected chi connectivity index (χ4v) is 1.57. The quantitative estimate of drug-likeness (QED) is 0.713. The second-order valence-electron chi connectivity index (χ2n) is 3.74. The van der Waals surface area contributed by atoms with Crippen LogP contribution in [0.2, 0.25) is 0 Å². The number of hydrogen-bond acceptors (Lipinski definition) is 2. The van der Waals surface area contributed by atoms with E-state index in [1.807, 2.05) is 13.1 Å². The molecule has 1 aliphatic carbocycles. The van der Waals surface area contributed by atoms with Crippen LogP contribution in [0.1, 0.15) is 36.6 Å². The molecule has 1 fully saturated rings. The number of nitrogens with one attached hydrogen (secondary N) is 1. The molecule has 1 aromatic heterocycles. The minimum atomic E-state index is 0.191. The maximum Gasteiger partial charge on any atom is 0.0537 e. The van der Waals surface area contributed by atoms with Gasteiger partial charge in [-0.25, -0.2) is 0 Å². The maximum absolute atomic E-state index is 6.02. The minimum absolute atomic E-state index is 0.191. The average molecular weight is 165 g/mol. The Balaban J connectivity index is 2.02. The standard InChI is InChI=1S/C9H15N3/c1-6-8(5-11-12-6)9(10)4-7-2-3-7/h5,7,9H,2-4,10H2,1H3,(H,11,12). The summed E-state index contributed by atoms with van der Waals surface area (Å²) in [5, 5.41) is 6.88. The normalized spacial score (nSPS) is 19.5. The number of aromatic nitrogens is 2. The number of aryl methyl sites for hydroxylation is 1. The van der Waals surface area contributed by atoms with Gasteiger partial charge >= 0.3 is 0 Å². The largest absolute Gasteiger partial charge is 0.324 e. The van der Waals surface area contributed by atoms with Gasteiger partial charge in [0.2, 0.25) is 0 Å². The molecule has 0 bridgehead atoms. The molecule has 0 saturated heterocycles. The van der Waals surface area contributed by atoms with Crippen molar-refractivity contribution in [2.24, 2.45) is 11.7 Å². The Kier molecular flexibility index (Phi) is 1.89. The van der Waals surface area contributed by atoms with E-state index < -0.39 is 0 Å². The molecule has 1 unspecified atom stereocenters. The van der Waals surface area contributed by atoms with Crippen LogP contribution in [-0.4, -0.2) is 10.2 Å². The molecule has 0 aromatic carbocycles. The summed E-state index contributed by atoms with van der Waals surface area (Å²) in [6, 6.07) is 0.191. The molecule has 0 aliphatic heterocycles. The van der Waals surface area contributed by atoms with E-state index >= 15 is 0 Å². The van der Waals surface area contributed by atoms with Gasteiger partial charge in [0.15, 0.2) is 0 Å². The van der Waals surface area contributed by atoms with Crippen LogP contribution in [-0.2, 0) is 0 Å². The van der Waals surface area contributed by atoms with E-state index in [1.54, 1.807) is 0 Å². The van der Waals surface area contributed by atoms with Crippen LogP contribution in [0, 0.1) is 12.8 Å². The highest BCUT2D eigenvalue weighted by atomic mass is 15.1. The number of aromatic amines is 1. The molecule has 1 saturated carbocycles. The molecular formula is C9H15N3. The van der Waals surface area contributed by atoms with Crippen molar-refractivity contribution in [2.45, 2.75) is 32.2 Å². The van der Waals surface area contributed by atoms with Crippen molar-refractivity contribution in [3.05, 3.63) is 17.5 Å². The second kappa shape index (κ2) is 2.90. The Morgan fingerprint density at radius 3 is 3.00 bits per heavy atom. The van der Waals surface area contributed by atoms with E-state index in [4.69, 9.17) is 5.73 Å². The fourth-order valence-electron chi connectivity index (χ4n) is 1.57. The molecule has 0 amide bonds. The third-order valence-corrected chi connectivity index (χ3v) is 2.55. The summed E-state index contributed by atoms with van der Waals surface area (Å²) < 4.78 is 0. The van der Waals surface area contributed by atoms with Crippen molar-refractivity contribution < 1.29 is 0 Å². The zero-order valence-electron chi connectivity index (χ0n) is 7.38. The molecular weight excluding hydrogens is 150 g/mol. The number of hydrogen-bond donors (Lipinski definition) is 2. The van der Waals surface area contributed by atoms with E-state index in [1.165, 1.54) is 18.4 Å². The van der Waals surface area contributed by atoms with Crippen molar-refractivity contribution in [3.8, 4) is 0 Å². The first-order valence-electron chi connectivity index (χ1n) is 4.53. The molecule has 0 radical (unpaired) electrons. The molecule has 3 N–H and O–H groups in total. The molecule has 1 aromatic rings. The van der Waals surface area contributed by atoms with Crippen LogP contribution in [0.5, 0.6) is 0 Å². The van der Waals surface area contributed by atoms with Crippen molar-refractivity contribution >= 4 is 0 Å². The number of rotatable bonds is 3. The van der Waals surface area contributed by atoms with Gasteiger partial charge in [-0.05, 0) is 19.3 Å². The van der Waals surface area contributed by atoms with Gasteiger partial charge in [-0.2, -0.15) is 5.10 Å². The SMILES string of the molecule is Cc1[nH]ncc1C(N)CC1CC1. The highest BCUT2D eigenvalue weighted by Gasteiger charge is 2.25. The van der Waals surface area contributed by atoms with Gasteiger partial charge in [0.1, 0.15) is 0 Å². The number of nitrogens with two attached hydrogens (primary N) is 1. The monoisotopic (exact) mass is 165 g/mol. The lowest BCUT2D eigenvalue weighted by Crippen LogP contribution is -2.11. The lowest BCUT2D eigenvalue weighted by molar-refractivity contribution is 0.594. The van der Waals surface area contributed by atoms with Gasteiger partial charge in [0.25, 0.3) is 0 Å². The summed E-state index contributed by atoms with van der Waals surface area (Å²) in [4.78, 5) is 0. The molecule has 12 heavy (non-hydrogen) atoms. The van der Waals surface area contributed by atoms with E-state index in [2.05, 4.69) is 10.2 Å². The third kappa shape index (κ3) is 1.50. The molecule has 0 spiro atoms. The highest BCUT2D eigenvalue weighted by molar-refractivity contribution is 5.18. The first-order valence-corrected chi connectivity index (χ1v) is 4.53. The topological polar surface area (TPSA) is 54.7 Å². The van der Waals surface area contributed by atoms with E-state index in [-0.39, 0.29) is 6.04 Å². The smallest absolute Gasteiger partial charge is 0.0537 e. The Labute approximate surface area is 72.4 Å². The van der Waals surface area contributed by atoms with E-state index in [0.717, 1.165) is 18.0 Å². The van der Waals surface area contributed by atoms with Crippen molar-refractivity contribution in [3.63, 3.8) is 0 Å². The second-order valence-corrected chi connectivity index (χ2v) is 3.74. The Morgan fingerprint density at radius 1 is 1.75 bits per heavy atom. The van der Waals surface area contributed by atoms with Crippen molar-refractivity contribution in [1.82, 2.24) is 10.2 Å². The van der Waals surface area contributed by atoms with Crippen LogP contribution in [0.4, 0.5) is 0 Å². The third-order valence-electron chi connectivity index (χ3n) is 2.55. The first-order chi connectivity index (χ1) is 5.77. The summed E-state index contributed by atoms with van der Waals surface area (Å²) in [6.07, 6.45) is 5.71. The molecule has 2 rings (SSSR count). The van der Waals surface area contributed by atoms with Gasteiger partial charge in [-0.3, -0.25) is 5.10 Å². The predicted octanol–water partition coefficient (Wildman–Crippen LogP) is 1.52. The van der Waals surface area contributed by atoms with Gasteiger partial charge in [0, 0.05) is 17.3 Å². The Morgan fingerprint density at radius 2 is 2.50 bits per heavy atom. The van der Waals surface area contributed by atoms with Crippen LogP contribution >= 0.6 is 0 Å². The molecule has 1 heterocycles. The Hall–Kier alpha value is -0.830. The lowest BCUT2D eigenvalue weighted by atomic mass is 10.0. The van der Waals surface area contributed by atoms with Crippen LogP contribution in [0.25, 0.3) is 0 Å². The number of H-pyrrole nitrogens is 1. The van der Waals surface area contributed by atoms with Crippen LogP contribution in [0.3, 0.4) is 0 Å². The molecule has 3 nitrogen and oxygen atoms in total. The van der Waals surface area contributed by atoms with Gasteiger partial charge < -0.3 is 5.73 Å². The summed E-state index contributed by atoms with van der Waals surface area (Å²) in [5.41, 5.74) is 8.32. The fraction of sp³-hybridized carbons (Fsp3) is 0.667. The van der Waals surface area contributed by atoms with Gasteiger partial charge in [0.05, 0.1) is 6.20 Å². The average Bonchev–Trinajstić information content (AvgIpc) is 2.72. The van der Waals surface area contributed by atoms with E-state index in [9.17, 15) is 0 Å². The van der Waals surface area contributed by atoms with Crippen LogP contribution < -0.4 is 5.73 Å². The first kappa shape index (κ1) is 7.80. The molecule has 66 valence electrons. The van der Waals surface area contributed by atoms with Gasteiger partial charge in [-0.1, -0.05) is 12.8 Å². The number of nitrogens with zero attached hydrogens (tertiary/aromatic N) is 1. The highest BCUT2D eigenvalue weighted by Crippen LogP contribution is 2.36. The van der Waals surface area contributed by atoms with Gasteiger partial charge in [-0.15, -0.1) is 0 Å². The molecule has 3 heteroatoms. The summed E-state index contributed by atoms with van der Waals surface area (Å²) in [6.45, 7) is 2.02. The zero-order valence-corrected chi connectivity index (χ0v) is 7.38. The summed E-state index contributed by atoms with van der Waals surface area (Å²) in [7, 11) is 0. The van der Waals surface area contributed by atoms with Crippen molar-refractivity contribution in [2.75, 3.05) is 0 Å². The lowest BCUT2D eigenvalue weighted by Gasteiger charge is -2.08. The molecule has 1 atom stereocenters. The molecule has 1 aliphatic rings. The van der Waals surface area contributed by atoms with E-state index in [0.29, 0.717) is 0 Å². The maximum atomic E-state index is 6.02. The summed E-state index contributed by atoms with van der Waals surface area (Å²) >= 11 is 0. The van der Waals surface area contributed by atoms with Crippen LogP contribution in [0.15, 0.2) is 6.20 Å². The van der Waals surface area contributed by atoms with Crippen molar-refractivity contribution in [1.29, 1.82) is 0 Å². The Bertz CT molecular complexity index is 262. The predicted molar refractivity (Wildman–Crippen MR) is 47.6 cm³/mol. The minimum Gasteiger partial charge on any atom is -0.324 e. The summed E-state index contributed by atoms with van der Waals surface area (Å²) in [5.74, 6) is 0.884.